The summed E-state index contributed by atoms with van der Waals surface area (Å²) in [6.07, 6.45) is 1.14. The van der Waals surface area contributed by atoms with E-state index in [1.807, 2.05) is 36.0 Å². The van der Waals surface area contributed by atoms with Gasteiger partial charge in [0.25, 0.3) is 0 Å². The first kappa shape index (κ1) is 15.7. The van der Waals surface area contributed by atoms with Crippen LogP contribution in [0.5, 0.6) is 5.75 Å². The molecule has 0 spiro atoms. The maximum Gasteiger partial charge on any atom is 0.193 e. The summed E-state index contributed by atoms with van der Waals surface area (Å²) in [5.74, 6) is 2.41. The second kappa shape index (κ2) is 7.42. The van der Waals surface area contributed by atoms with E-state index in [-0.39, 0.29) is 0 Å². The molecule has 1 aliphatic rings. The second-order valence-corrected chi connectivity index (χ2v) is 6.70. The molecule has 0 saturated carbocycles. The number of rotatable bonds is 4. The van der Waals surface area contributed by atoms with Gasteiger partial charge in [-0.15, -0.1) is 0 Å². The Morgan fingerprint density at radius 2 is 2.04 bits per heavy atom. The summed E-state index contributed by atoms with van der Waals surface area (Å²) in [5, 5.41) is 3.51. The Morgan fingerprint density at radius 3 is 2.83 bits per heavy atom. The SMILES string of the molecule is COc1ccc(NC(N)=NCC2SCCc3ccccc32)cc1. The molecule has 1 atom stereocenters. The highest BCUT2D eigenvalue weighted by molar-refractivity contribution is 7.99. The van der Waals surface area contributed by atoms with E-state index in [0.29, 0.717) is 17.8 Å². The third-order valence-electron chi connectivity index (χ3n) is 3.88. The normalized spacial score (nSPS) is 17.4. The van der Waals surface area contributed by atoms with Crippen LogP contribution in [0.2, 0.25) is 0 Å². The topological polar surface area (TPSA) is 59.6 Å². The highest BCUT2D eigenvalue weighted by Gasteiger charge is 2.19. The van der Waals surface area contributed by atoms with Gasteiger partial charge in [-0.2, -0.15) is 11.8 Å². The zero-order valence-corrected chi connectivity index (χ0v) is 14.0. The van der Waals surface area contributed by atoms with Crippen molar-refractivity contribution in [3.05, 3.63) is 59.7 Å². The number of nitrogens with one attached hydrogen (secondary N) is 1. The maximum atomic E-state index is 6.01. The van der Waals surface area contributed by atoms with Crippen molar-refractivity contribution in [1.29, 1.82) is 0 Å². The lowest BCUT2D eigenvalue weighted by atomic mass is 10.0. The van der Waals surface area contributed by atoms with Crippen LogP contribution in [0, 0.1) is 0 Å². The number of fused-ring (bicyclic) bond motifs is 1. The maximum absolute atomic E-state index is 6.01. The lowest BCUT2D eigenvalue weighted by Crippen LogP contribution is -2.23. The number of aliphatic imine (C=N–C) groups is 1. The predicted octanol–water partition coefficient (Wildman–Crippen LogP) is 3.45. The second-order valence-electron chi connectivity index (χ2n) is 5.39. The van der Waals surface area contributed by atoms with E-state index in [1.165, 1.54) is 11.1 Å². The molecule has 0 radical (unpaired) electrons. The fourth-order valence-electron chi connectivity index (χ4n) is 2.67. The molecular formula is C18H21N3OS. The van der Waals surface area contributed by atoms with Gasteiger partial charge in [-0.3, -0.25) is 4.99 Å². The zero-order chi connectivity index (χ0) is 16.1. The van der Waals surface area contributed by atoms with Gasteiger partial charge >= 0.3 is 0 Å². The van der Waals surface area contributed by atoms with Crippen LogP contribution in [0.4, 0.5) is 5.69 Å². The van der Waals surface area contributed by atoms with Gasteiger partial charge in [-0.25, -0.2) is 0 Å². The van der Waals surface area contributed by atoms with Crippen molar-refractivity contribution in [3.63, 3.8) is 0 Å². The molecule has 120 valence electrons. The Kier molecular flexibility index (Phi) is 5.08. The zero-order valence-electron chi connectivity index (χ0n) is 13.2. The molecule has 0 aromatic heterocycles. The number of thioether (sulfide) groups is 1. The van der Waals surface area contributed by atoms with Crippen molar-refractivity contribution in [3.8, 4) is 5.75 Å². The monoisotopic (exact) mass is 327 g/mol. The van der Waals surface area contributed by atoms with Gasteiger partial charge < -0.3 is 15.8 Å². The highest BCUT2D eigenvalue weighted by Crippen LogP contribution is 2.36. The summed E-state index contributed by atoms with van der Waals surface area (Å²) in [5.41, 5.74) is 9.75. The van der Waals surface area contributed by atoms with Crippen LogP contribution in [0.3, 0.4) is 0 Å². The van der Waals surface area contributed by atoms with Gasteiger partial charge in [0.15, 0.2) is 5.96 Å². The largest absolute Gasteiger partial charge is 0.497 e. The number of guanidine groups is 1. The molecule has 0 aliphatic carbocycles. The third kappa shape index (κ3) is 3.99. The molecular weight excluding hydrogens is 306 g/mol. The molecule has 0 bridgehead atoms. The Balaban J connectivity index is 1.63. The number of aryl methyl sites for hydroxylation is 1. The Hall–Kier alpha value is -2.14. The molecule has 2 aromatic carbocycles. The van der Waals surface area contributed by atoms with Crippen molar-refractivity contribution < 1.29 is 4.74 Å². The van der Waals surface area contributed by atoms with Crippen LogP contribution in [0.1, 0.15) is 16.4 Å². The van der Waals surface area contributed by atoms with E-state index in [1.54, 1.807) is 7.11 Å². The van der Waals surface area contributed by atoms with Crippen LogP contribution in [0.15, 0.2) is 53.5 Å². The van der Waals surface area contributed by atoms with Gasteiger partial charge in [-0.05, 0) is 47.6 Å². The molecule has 3 N–H and O–H groups in total. The van der Waals surface area contributed by atoms with E-state index in [4.69, 9.17) is 10.5 Å². The summed E-state index contributed by atoms with van der Waals surface area (Å²) in [7, 11) is 1.65. The number of anilines is 1. The number of benzene rings is 2. The van der Waals surface area contributed by atoms with Crippen LogP contribution >= 0.6 is 11.8 Å². The van der Waals surface area contributed by atoms with E-state index in [9.17, 15) is 0 Å². The number of methoxy groups -OCH3 is 1. The fourth-order valence-corrected chi connectivity index (χ4v) is 3.88. The lowest BCUT2D eigenvalue weighted by molar-refractivity contribution is 0.415. The van der Waals surface area contributed by atoms with Crippen molar-refractivity contribution in [1.82, 2.24) is 0 Å². The molecule has 23 heavy (non-hydrogen) atoms. The summed E-state index contributed by atoms with van der Waals surface area (Å²) in [6, 6.07) is 16.2. The minimum absolute atomic E-state index is 0.385. The van der Waals surface area contributed by atoms with E-state index >= 15 is 0 Å². The summed E-state index contributed by atoms with van der Waals surface area (Å²) < 4.78 is 5.14. The summed E-state index contributed by atoms with van der Waals surface area (Å²) >= 11 is 1.95. The summed E-state index contributed by atoms with van der Waals surface area (Å²) in [6.45, 7) is 0.691. The van der Waals surface area contributed by atoms with E-state index in [2.05, 4.69) is 34.6 Å². The molecule has 5 heteroatoms. The molecule has 1 heterocycles. The first-order valence-corrected chi connectivity index (χ1v) is 8.71. The number of nitrogens with two attached hydrogens (primary N) is 1. The quantitative estimate of drug-likeness (QED) is 0.667. The number of ether oxygens (including phenoxy) is 1. The standard InChI is InChI=1S/C18H21N3OS/c1-22-15-8-6-14(7-9-15)21-18(19)20-12-17-16-5-3-2-4-13(16)10-11-23-17/h2-9,17H,10-12H2,1H3,(H3,19,20,21). The van der Waals surface area contributed by atoms with Crippen molar-refractivity contribution >= 4 is 23.4 Å². The lowest BCUT2D eigenvalue weighted by Gasteiger charge is -2.23. The molecule has 0 amide bonds. The average Bonchev–Trinajstić information content (AvgIpc) is 2.60. The van der Waals surface area contributed by atoms with Crippen LogP contribution in [-0.4, -0.2) is 25.4 Å². The summed E-state index contributed by atoms with van der Waals surface area (Å²) in [4.78, 5) is 4.52. The van der Waals surface area contributed by atoms with Crippen molar-refractivity contribution in [2.75, 3.05) is 24.7 Å². The molecule has 1 unspecified atom stereocenters. The highest BCUT2D eigenvalue weighted by atomic mass is 32.2. The Bertz CT molecular complexity index is 685. The van der Waals surface area contributed by atoms with Crippen LogP contribution in [-0.2, 0) is 6.42 Å². The molecule has 0 fully saturated rings. The minimum Gasteiger partial charge on any atom is -0.497 e. The third-order valence-corrected chi connectivity index (χ3v) is 5.13. The van der Waals surface area contributed by atoms with E-state index < -0.39 is 0 Å². The van der Waals surface area contributed by atoms with E-state index in [0.717, 1.165) is 23.6 Å². The van der Waals surface area contributed by atoms with Crippen molar-refractivity contribution in [2.45, 2.75) is 11.7 Å². The minimum atomic E-state index is 0.385. The van der Waals surface area contributed by atoms with Gasteiger partial charge in [-0.1, -0.05) is 24.3 Å². The molecule has 2 aromatic rings. The van der Waals surface area contributed by atoms with Gasteiger partial charge in [0.05, 0.1) is 13.7 Å². The molecule has 4 nitrogen and oxygen atoms in total. The number of nitrogens with zero attached hydrogens (tertiary/aromatic N) is 1. The Labute approximate surface area is 141 Å². The average molecular weight is 327 g/mol. The number of hydrogen-bond acceptors (Lipinski definition) is 3. The number of hydrogen-bond donors (Lipinski definition) is 2. The first-order chi connectivity index (χ1) is 11.3. The first-order valence-electron chi connectivity index (χ1n) is 7.66. The molecule has 3 rings (SSSR count). The van der Waals surface area contributed by atoms with Crippen molar-refractivity contribution in [2.24, 2.45) is 10.7 Å². The predicted molar refractivity (Wildman–Crippen MR) is 98.5 cm³/mol. The smallest absolute Gasteiger partial charge is 0.193 e. The van der Waals surface area contributed by atoms with Crippen LogP contribution < -0.4 is 15.8 Å². The van der Waals surface area contributed by atoms with Gasteiger partial charge in [0.2, 0.25) is 0 Å². The molecule has 1 aliphatic heterocycles. The van der Waals surface area contributed by atoms with Crippen LogP contribution in [0.25, 0.3) is 0 Å². The van der Waals surface area contributed by atoms with Gasteiger partial charge in [0, 0.05) is 10.9 Å². The molecule has 0 saturated heterocycles. The fraction of sp³-hybridized carbons (Fsp3) is 0.278. The Morgan fingerprint density at radius 1 is 1.26 bits per heavy atom. The van der Waals surface area contributed by atoms with Gasteiger partial charge in [0.1, 0.15) is 5.75 Å².